The number of carbonyl (C=O) groups excluding carboxylic acids is 1. The molecule has 1 saturated carbocycles. The summed E-state index contributed by atoms with van der Waals surface area (Å²) in [4.78, 5) is 23.6. The number of rotatable bonds is 4. The van der Waals surface area contributed by atoms with E-state index in [0.717, 1.165) is 25.7 Å². The molecule has 0 saturated heterocycles. The van der Waals surface area contributed by atoms with Crippen molar-refractivity contribution in [1.29, 1.82) is 0 Å². The average molecular weight is 265 g/mol. The molecule has 0 aromatic rings. The molecule has 1 rings (SSSR count). The molecule has 0 bridgehead atoms. The maximum Gasteiger partial charge on any atom is 0.310 e. The zero-order chi connectivity index (χ0) is 14.5. The monoisotopic (exact) mass is 265 g/mol. The topological polar surface area (TPSA) is 66.4 Å². The van der Waals surface area contributed by atoms with Crippen LogP contribution in [0.2, 0.25) is 0 Å². The lowest BCUT2D eigenvalue weighted by atomic mass is 9.77. The standard InChI is InChI=1S/C15H23NO3/c1-4-14(2,3)16-12(17)11-15(13(18)19)9-7-5-6-8-10-15/h1H,5-11H2,2-3H3,(H,16,17)(H,18,19). The minimum Gasteiger partial charge on any atom is -0.481 e. The van der Waals surface area contributed by atoms with E-state index in [-0.39, 0.29) is 12.3 Å². The van der Waals surface area contributed by atoms with Gasteiger partial charge in [0, 0.05) is 6.42 Å². The number of nitrogens with one attached hydrogen (secondary N) is 1. The lowest BCUT2D eigenvalue weighted by Gasteiger charge is -2.29. The van der Waals surface area contributed by atoms with Crippen molar-refractivity contribution in [2.24, 2.45) is 5.41 Å². The van der Waals surface area contributed by atoms with E-state index >= 15 is 0 Å². The molecule has 0 aliphatic heterocycles. The van der Waals surface area contributed by atoms with Gasteiger partial charge in [0.05, 0.1) is 11.0 Å². The molecule has 0 spiro atoms. The van der Waals surface area contributed by atoms with Crippen molar-refractivity contribution in [2.45, 2.75) is 64.3 Å². The first kappa shape index (κ1) is 15.6. The van der Waals surface area contributed by atoms with Gasteiger partial charge in [0.25, 0.3) is 0 Å². The summed E-state index contributed by atoms with van der Waals surface area (Å²) in [5.41, 5.74) is -1.65. The van der Waals surface area contributed by atoms with Crippen LogP contribution in [0, 0.1) is 17.8 Å². The van der Waals surface area contributed by atoms with Crippen LogP contribution in [0.15, 0.2) is 0 Å². The van der Waals surface area contributed by atoms with Gasteiger partial charge in [-0.2, -0.15) is 0 Å². The fourth-order valence-corrected chi connectivity index (χ4v) is 2.61. The smallest absolute Gasteiger partial charge is 0.310 e. The Morgan fingerprint density at radius 3 is 2.21 bits per heavy atom. The maximum absolute atomic E-state index is 12.0. The van der Waals surface area contributed by atoms with E-state index in [9.17, 15) is 14.7 Å². The van der Waals surface area contributed by atoms with Gasteiger partial charge in [-0.25, -0.2) is 0 Å². The molecule has 4 nitrogen and oxygen atoms in total. The van der Waals surface area contributed by atoms with Gasteiger partial charge >= 0.3 is 5.97 Å². The third kappa shape index (κ3) is 4.27. The minimum atomic E-state index is -0.911. The molecule has 0 unspecified atom stereocenters. The largest absolute Gasteiger partial charge is 0.481 e. The molecule has 0 radical (unpaired) electrons. The van der Waals surface area contributed by atoms with Crippen LogP contribution in [-0.4, -0.2) is 22.5 Å². The van der Waals surface area contributed by atoms with Crippen LogP contribution in [0.5, 0.6) is 0 Å². The predicted octanol–water partition coefficient (Wildman–Crippen LogP) is 2.33. The van der Waals surface area contributed by atoms with Crippen LogP contribution in [0.25, 0.3) is 0 Å². The van der Waals surface area contributed by atoms with E-state index in [1.165, 1.54) is 0 Å². The molecular weight excluding hydrogens is 242 g/mol. The van der Waals surface area contributed by atoms with Crippen molar-refractivity contribution in [3.8, 4) is 12.3 Å². The average Bonchev–Trinajstić information content (AvgIpc) is 2.55. The van der Waals surface area contributed by atoms with Gasteiger partial charge in [0.15, 0.2) is 0 Å². The van der Waals surface area contributed by atoms with Crippen molar-refractivity contribution in [3.63, 3.8) is 0 Å². The summed E-state index contributed by atoms with van der Waals surface area (Å²) in [6.45, 7) is 3.46. The minimum absolute atomic E-state index is 0.0213. The quantitative estimate of drug-likeness (QED) is 0.605. The van der Waals surface area contributed by atoms with Crippen molar-refractivity contribution in [3.05, 3.63) is 0 Å². The Labute approximate surface area is 115 Å². The molecule has 0 aromatic heterocycles. The van der Waals surface area contributed by atoms with Crippen molar-refractivity contribution in [2.75, 3.05) is 0 Å². The number of hydrogen-bond acceptors (Lipinski definition) is 2. The summed E-state index contributed by atoms with van der Waals surface area (Å²) in [7, 11) is 0. The number of carboxylic acids is 1. The van der Waals surface area contributed by atoms with Gasteiger partial charge in [-0.1, -0.05) is 31.6 Å². The highest BCUT2D eigenvalue weighted by atomic mass is 16.4. The molecule has 1 amide bonds. The maximum atomic E-state index is 12.0. The molecule has 1 fully saturated rings. The SMILES string of the molecule is C#CC(C)(C)NC(=O)CC1(C(=O)O)CCCCCC1. The first-order chi connectivity index (χ1) is 8.81. The second-order valence-corrected chi connectivity index (χ2v) is 5.99. The summed E-state index contributed by atoms with van der Waals surface area (Å²) in [5.74, 6) is 1.35. The summed E-state index contributed by atoms with van der Waals surface area (Å²) >= 11 is 0. The zero-order valence-electron chi connectivity index (χ0n) is 11.8. The molecule has 1 aliphatic rings. The Balaban J connectivity index is 2.76. The van der Waals surface area contributed by atoms with Crippen LogP contribution in [-0.2, 0) is 9.59 Å². The second-order valence-electron chi connectivity index (χ2n) is 5.99. The Bertz CT molecular complexity index is 385. The first-order valence-electron chi connectivity index (χ1n) is 6.83. The van der Waals surface area contributed by atoms with E-state index in [2.05, 4.69) is 11.2 Å². The van der Waals surface area contributed by atoms with Crippen molar-refractivity contribution >= 4 is 11.9 Å². The summed E-state index contributed by atoms with van der Waals surface area (Å²) in [5, 5.41) is 12.2. The molecule has 0 atom stereocenters. The first-order valence-corrected chi connectivity index (χ1v) is 6.83. The number of terminal acetylenes is 1. The van der Waals surface area contributed by atoms with Gasteiger partial charge in [-0.05, 0) is 26.7 Å². The highest BCUT2D eigenvalue weighted by Gasteiger charge is 2.41. The predicted molar refractivity (Wildman–Crippen MR) is 73.4 cm³/mol. The third-order valence-electron chi connectivity index (χ3n) is 3.83. The Hall–Kier alpha value is -1.50. The fraction of sp³-hybridized carbons (Fsp3) is 0.733. The highest BCUT2D eigenvalue weighted by Crippen LogP contribution is 2.38. The van der Waals surface area contributed by atoms with Crippen LogP contribution in [0.3, 0.4) is 0 Å². The normalized spacial score (nSPS) is 19.0. The molecule has 4 heteroatoms. The number of carbonyl (C=O) groups is 2. The molecular formula is C15H23NO3. The van der Waals surface area contributed by atoms with Crippen LogP contribution in [0.1, 0.15) is 58.8 Å². The Morgan fingerprint density at radius 2 is 1.79 bits per heavy atom. The molecule has 2 N–H and O–H groups in total. The van der Waals surface area contributed by atoms with E-state index in [1.807, 2.05) is 0 Å². The van der Waals surface area contributed by atoms with Crippen LogP contribution < -0.4 is 5.32 Å². The molecule has 106 valence electrons. The lowest BCUT2D eigenvalue weighted by molar-refractivity contribution is -0.153. The van der Waals surface area contributed by atoms with Gasteiger partial charge in [0.2, 0.25) is 5.91 Å². The third-order valence-corrected chi connectivity index (χ3v) is 3.83. The fourth-order valence-electron chi connectivity index (χ4n) is 2.61. The zero-order valence-corrected chi connectivity index (χ0v) is 11.8. The van der Waals surface area contributed by atoms with Gasteiger partial charge in [-0.15, -0.1) is 6.42 Å². The van der Waals surface area contributed by atoms with E-state index in [1.54, 1.807) is 13.8 Å². The van der Waals surface area contributed by atoms with Crippen LogP contribution >= 0.6 is 0 Å². The summed E-state index contributed by atoms with van der Waals surface area (Å²) in [6.07, 6.45) is 10.3. The van der Waals surface area contributed by atoms with Crippen molar-refractivity contribution in [1.82, 2.24) is 5.32 Å². The lowest BCUT2D eigenvalue weighted by Crippen LogP contribution is -2.45. The van der Waals surface area contributed by atoms with Crippen LogP contribution in [0.4, 0.5) is 0 Å². The summed E-state index contributed by atoms with van der Waals surface area (Å²) < 4.78 is 0. The van der Waals surface area contributed by atoms with Gasteiger partial charge in [-0.3, -0.25) is 9.59 Å². The molecule has 0 aromatic carbocycles. The highest BCUT2D eigenvalue weighted by molar-refractivity contribution is 5.85. The van der Waals surface area contributed by atoms with E-state index in [4.69, 9.17) is 6.42 Å². The number of hydrogen-bond donors (Lipinski definition) is 2. The molecule has 19 heavy (non-hydrogen) atoms. The van der Waals surface area contributed by atoms with E-state index in [0.29, 0.717) is 12.8 Å². The number of amides is 1. The molecule has 1 aliphatic carbocycles. The number of aliphatic carboxylic acids is 1. The van der Waals surface area contributed by atoms with Gasteiger partial charge in [0.1, 0.15) is 0 Å². The van der Waals surface area contributed by atoms with E-state index < -0.39 is 16.9 Å². The van der Waals surface area contributed by atoms with Gasteiger partial charge < -0.3 is 10.4 Å². The Morgan fingerprint density at radius 1 is 1.26 bits per heavy atom. The van der Waals surface area contributed by atoms with Crippen molar-refractivity contribution < 1.29 is 14.7 Å². The summed E-state index contributed by atoms with van der Waals surface area (Å²) in [6, 6.07) is 0. The number of carboxylic acid groups (broad SMARTS) is 1. The second kappa shape index (κ2) is 6.10. The Kier molecular flexibility index (Phi) is 4.99. The molecule has 0 heterocycles.